The van der Waals surface area contributed by atoms with Crippen molar-refractivity contribution in [1.82, 2.24) is 0 Å². The first-order valence-corrected chi connectivity index (χ1v) is 2.41. The molecule has 6 heavy (non-hydrogen) atoms. The van der Waals surface area contributed by atoms with Crippen LogP contribution in [0, 0.1) is 0 Å². The molecule has 0 heterocycles. The normalized spacial score (nSPS) is 4.00. The molecule has 0 aliphatic rings. The van der Waals surface area contributed by atoms with Crippen LogP contribution in [-0.4, -0.2) is 0 Å². The van der Waals surface area contributed by atoms with Crippen molar-refractivity contribution < 1.29 is 0 Å². The maximum atomic E-state index is 2.12. The summed E-state index contributed by atoms with van der Waals surface area (Å²) >= 11 is 0. The van der Waals surface area contributed by atoms with Crippen LogP contribution in [0.25, 0.3) is 0 Å². The average Bonchev–Trinajstić information content (AvgIpc) is 1.46. The van der Waals surface area contributed by atoms with Gasteiger partial charge in [-0.1, -0.05) is 41.5 Å². The molecule has 0 radical (unpaired) electrons. The van der Waals surface area contributed by atoms with Crippen molar-refractivity contribution in [2.45, 2.75) is 41.5 Å². The standard InChI is InChI=1S/C3H8.C2H6.CH4/c1-3-2;1-2;/h3H2,1-2H3;1-2H3;1H4. The summed E-state index contributed by atoms with van der Waals surface area (Å²) in [4.78, 5) is 0. The lowest BCUT2D eigenvalue weighted by atomic mass is 10.6. The van der Waals surface area contributed by atoms with Gasteiger partial charge < -0.3 is 0 Å². The topological polar surface area (TPSA) is 0 Å². The Bertz CT molecular complexity index is 0. The summed E-state index contributed by atoms with van der Waals surface area (Å²) < 4.78 is 0. The maximum Gasteiger partial charge on any atom is -0.0590 e. The van der Waals surface area contributed by atoms with Crippen LogP contribution in [0.15, 0.2) is 0 Å². The fraction of sp³-hybridized carbons (Fsp3) is 1.00. The SMILES string of the molecule is C.CC.CCC. The van der Waals surface area contributed by atoms with E-state index < -0.39 is 0 Å². The van der Waals surface area contributed by atoms with Crippen LogP contribution in [0.4, 0.5) is 0 Å². The summed E-state index contributed by atoms with van der Waals surface area (Å²) in [5.74, 6) is 0. The van der Waals surface area contributed by atoms with E-state index in [0.717, 1.165) is 0 Å². The molecule has 0 saturated carbocycles. The van der Waals surface area contributed by atoms with Gasteiger partial charge in [0.15, 0.2) is 0 Å². The van der Waals surface area contributed by atoms with E-state index in [1.807, 2.05) is 13.8 Å². The van der Waals surface area contributed by atoms with Crippen molar-refractivity contribution in [3.63, 3.8) is 0 Å². The van der Waals surface area contributed by atoms with Crippen LogP contribution in [-0.2, 0) is 0 Å². The molecular weight excluding hydrogens is 72.1 g/mol. The van der Waals surface area contributed by atoms with Crippen molar-refractivity contribution in [3.8, 4) is 0 Å². The number of rotatable bonds is 0. The summed E-state index contributed by atoms with van der Waals surface area (Å²) in [6.45, 7) is 8.25. The highest BCUT2D eigenvalue weighted by Crippen LogP contribution is 1.56. The van der Waals surface area contributed by atoms with Crippen molar-refractivity contribution in [2.24, 2.45) is 0 Å². The van der Waals surface area contributed by atoms with E-state index in [2.05, 4.69) is 13.8 Å². The highest BCUT2D eigenvalue weighted by molar-refractivity contribution is 3.92. The maximum absolute atomic E-state index is 2.12. The number of hydrogen-bond acceptors (Lipinski definition) is 0. The zero-order valence-corrected chi connectivity index (χ0v) is 4.71. The van der Waals surface area contributed by atoms with Gasteiger partial charge in [0, 0.05) is 0 Å². The zero-order valence-electron chi connectivity index (χ0n) is 4.71. The van der Waals surface area contributed by atoms with Crippen molar-refractivity contribution in [3.05, 3.63) is 0 Å². The van der Waals surface area contributed by atoms with Crippen LogP contribution < -0.4 is 0 Å². The smallest absolute Gasteiger partial charge is 0.0590 e. The molecule has 0 N–H and O–H groups in total. The first kappa shape index (κ1) is 16.7. The van der Waals surface area contributed by atoms with Gasteiger partial charge in [0.1, 0.15) is 0 Å². The molecule has 0 aliphatic carbocycles. The largest absolute Gasteiger partial charge is 0.0776 e. The van der Waals surface area contributed by atoms with Gasteiger partial charge in [0.25, 0.3) is 0 Å². The van der Waals surface area contributed by atoms with Crippen molar-refractivity contribution in [1.29, 1.82) is 0 Å². The first-order valence-electron chi connectivity index (χ1n) is 2.41. The Hall–Kier alpha value is 0. The van der Waals surface area contributed by atoms with E-state index in [9.17, 15) is 0 Å². The van der Waals surface area contributed by atoms with Gasteiger partial charge in [0.2, 0.25) is 0 Å². The van der Waals surface area contributed by atoms with E-state index in [1.165, 1.54) is 6.42 Å². The predicted octanol–water partition coefficient (Wildman–Crippen LogP) is 3.08. The molecule has 0 unspecified atom stereocenters. The highest BCUT2D eigenvalue weighted by Gasteiger charge is 1.35. The molecule has 0 spiro atoms. The van der Waals surface area contributed by atoms with Gasteiger partial charge in [-0.05, 0) is 0 Å². The molecular formula is C6H18. The molecule has 0 aliphatic heterocycles. The summed E-state index contributed by atoms with van der Waals surface area (Å²) in [5, 5.41) is 0. The Labute approximate surface area is 42.6 Å². The van der Waals surface area contributed by atoms with Crippen LogP contribution >= 0.6 is 0 Å². The van der Waals surface area contributed by atoms with E-state index in [-0.39, 0.29) is 7.43 Å². The first-order chi connectivity index (χ1) is 2.41. The van der Waals surface area contributed by atoms with Gasteiger partial charge >= 0.3 is 0 Å². The molecule has 0 aromatic rings. The van der Waals surface area contributed by atoms with Gasteiger partial charge in [-0.3, -0.25) is 0 Å². The summed E-state index contributed by atoms with van der Waals surface area (Å²) in [6.07, 6.45) is 1.25. The monoisotopic (exact) mass is 90.1 g/mol. The molecule has 42 valence electrons. The fourth-order valence-corrected chi connectivity index (χ4v) is 0. The van der Waals surface area contributed by atoms with E-state index in [1.54, 1.807) is 0 Å². The molecule has 0 heteroatoms. The summed E-state index contributed by atoms with van der Waals surface area (Å²) in [7, 11) is 0. The third kappa shape index (κ3) is 0. The van der Waals surface area contributed by atoms with Crippen LogP contribution in [0.5, 0.6) is 0 Å². The van der Waals surface area contributed by atoms with Gasteiger partial charge in [-0.25, -0.2) is 0 Å². The minimum atomic E-state index is 0. The lowest BCUT2D eigenvalue weighted by Gasteiger charge is -1.48. The summed E-state index contributed by atoms with van der Waals surface area (Å²) in [6, 6.07) is 0. The van der Waals surface area contributed by atoms with Crippen molar-refractivity contribution >= 4 is 0 Å². The molecule has 0 saturated heterocycles. The molecule has 0 aromatic carbocycles. The third-order valence-corrected chi connectivity index (χ3v) is 0. The van der Waals surface area contributed by atoms with Crippen molar-refractivity contribution in [2.75, 3.05) is 0 Å². The molecule has 0 nitrogen and oxygen atoms in total. The molecule has 0 atom stereocenters. The third-order valence-electron chi connectivity index (χ3n) is 0. The number of hydrogen-bond donors (Lipinski definition) is 0. The Balaban J connectivity index is -0.0000000275. The minimum Gasteiger partial charge on any atom is -0.0776 e. The Morgan fingerprint density at radius 2 is 1.00 bits per heavy atom. The van der Waals surface area contributed by atoms with Crippen LogP contribution in [0.3, 0.4) is 0 Å². The Morgan fingerprint density at radius 3 is 1.00 bits per heavy atom. The second kappa shape index (κ2) is 80.0. The molecule has 0 aromatic heterocycles. The van der Waals surface area contributed by atoms with Crippen LogP contribution in [0.2, 0.25) is 0 Å². The van der Waals surface area contributed by atoms with Gasteiger partial charge in [-0.15, -0.1) is 0 Å². The van der Waals surface area contributed by atoms with Gasteiger partial charge in [0.05, 0.1) is 0 Å². The van der Waals surface area contributed by atoms with E-state index in [4.69, 9.17) is 0 Å². The van der Waals surface area contributed by atoms with Gasteiger partial charge in [-0.2, -0.15) is 0 Å². The molecule has 0 rings (SSSR count). The van der Waals surface area contributed by atoms with E-state index in [0.29, 0.717) is 0 Å². The molecule has 0 fully saturated rings. The van der Waals surface area contributed by atoms with Crippen LogP contribution in [0.1, 0.15) is 41.5 Å². The minimum absolute atomic E-state index is 0. The van der Waals surface area contributed by atoms with E-state index >= 15 is 0 Å². The second-order valence-electron chi connectivity index (χ2n) is 0.707. The zero-order chi connectivity index (χ0) is 4.71. The summed E-state index contributed by atoms with van der Waals surface area (Å²) in [5.41, 5.74) is 0. The fourth-order valence-electron chi connectivity index (χ4n) is 0. The lowest BCUT2D eigenvalue weighted by Crippen LogP contribution is -1.27. The average molecular weight is 90.2 g/mol. The Morgan fingerprint density at radius 1 is 1.00 bits per heavy atom. The molecule has 0 bridgehead atoms. The predicted molar refractivity (Wildman–Crippen MR) is 34.0 cm³/mol. The second-order valence-corrected chi connectivity index (χ2v) is 0.707. The quantitative estimate of drug-likeness (QED) is 0.429. The lowest BCUT2D eigenvalue weighted by molar-refractivity contribution is 1.09. The highest BCUT2D eigenvalue weighted by atomic mass is 13.4. The Kier molecular flexibility index (Phi) is 222. The molecule has 0 amide bonds.